The fourth-order valence-corrected chi connectivity index (χ4v) is 2.66. The summed E-state index contributed by atoms with van der Waals surface area (Å²) < 4.78 is 5.38. The molecule has 0 unspecified atom stereocenters. The van der Waals surface area contributed by atoms with E-state index in [2.05, 4.69) is 25.9 Å². The van der Waals surface area contributed by atoms with Crippen LogP contribution in [0.1, 0.15) is 22.9 Å². The number of hydrogen-bond donors (Lipinski definition) is 2. The molecule has 3 aromatic rings. The number of H-pyrrole nitrogens is 1. The van der Waals surface area contributed by atoms with Gasteiger partial charge in [0, 0.05) is 5.69 Å². The Balaban J connectivity index is 1.86. The predicted octanol–water partition coefficient (Wildman–Crippen LogP) is 2.48. The molecule has 2 aromatic carbocycles. The van der Waals surface area contributed by atoms with Crippen LogP contribution >= 0.6 is 0 Å². The van der Waals surface area contributed by atoms with Crippen LogP contribution in [0.5, 0.6) is 5.75 Å². The molecule has 0 aliphatic rings. The number of aromatic nitrogens is 4. The highest BCUT2D eigenvalue weighted by molar-refractivity contribution is 5.95. The van der Waals surface area contributed by atoms with E-state index in [4.69, 9.17) is 4.74 Å². The Labute approximate surface area is 145 Å². The van der Waals surface area contributed by atoms with E-state index < -0.39 is 5.92 Å². The van der Waals surface area contributed by atoms with Crippen molar-refractivity contribution in [1.29, 1.82) is 0 Å². The van der Waals surface area contributed by atoms with Crippen LogP contribution in [0.2, 0.25) is 0 Å². The number of carbonyl (C=O) groups is 1. The van der Waals surface area contributed by atoms with Gasteiger partial charge >= 0.3 is 0 Å². The van der Waals surface area contributed by atoms with E-state index in [9.17, 15) is 4.79 Å². The monoisotopic (exact) mass is 337 g/mol. The first-order chi connectivity index (χ1) is 12.2. The van der Waals surface area contributed by atoms with Gasteiger partial charge in [-0.1, -0.05) is 35.5 Å². The van der Waals surface area contributed by atoms with Crippen molar-refractivity contribution in [3.63, 3.8) is 0 Å². The number of hydrogen-bond acceptors (Lipinski definition) is 5. The molecular weight excluding hydrogens is 318 g/mol. The molecule has 0 radical (unpaired) electrons. The van der Waals surface area contributed by atoms with E-state index in [1.165, 1.54) is 0 Å². The lowest BCUT2D eigenvalue weighted by Crippen LogP contribution is -2.24. The number of tetrazole rings is 1. The molecule has 25 heavy (non-hydrogen) atoms. The molecule has 1 amide bonds. The van der Waals surface area contributed by atoms with Crippen molar-refractivity contribution in [2.75, 3.05) is 12.4 Å². The number of aromatic amines is 1. The van der Waals surface area contributed by atoms with Gasteiger partial charge in [-0.05, 0) is 42.7 Å². The number of benzene rings is 2. The summed E-state index contributed by atoms with van der Waals surface area (Å²) in [7, 11) is 1.61. The van der Waals surface area contributed by atoms with Crippen LogP contribution in [-0.2, 0) is 11.2 Å². The van der Waals surface area contributed by atoms with Gasteiger partial charge in [-0.15, -0.1) is 10.2 Å². The molecule has 1 heterocycles. The molecule has 1 atom stereocenters. The van der Waals surface area contributed by atoms with Gasteiger partial charge < -0.3 is 10.1 Å². The molecule has 0 bridgehead atoms. The lowest BCUT2D eigenvalue weighted by molar-refractivity contribution is -0.117. The highest BCUT2D eigenvalue weighted by atomic mass is 16.5. The Hall–Kier alpha value is -3.22. The second-order valence-electron chi connectivity index (χ2n) is 5.70. The molecule has 0 saturated carbocycles. The maximum Gasteiger partial charge on any atom is 0.235 e. The molecule has 7 nitrogen and oxygen atoms in total. The Morgan fingerprint density at radius 2 is 2.08 bits per heavy atom. The lowest BCUT2D eigenvalue weighted by Gasteiger charge is -2.16. The van der Waals surface area contributed by atoms with Crippen LogP contribution in [-0.4, -0.2) is 33.6 Å². The van der Waals surface area contributed by atoms with Crippen LogP contribution in [0.3, 0.4) is 0 Å². The van der Waals surface area contributed by atoms with Gasteiger partial charge in [0.25, 0.3) is 0 Å². The molecule has 0 aliphatic heterocycles. The first kappa shape index (κ1) is 16.6. The van der Waals surface area contributed by atoms with E-state index in [0.29, 0.717) is 12.2 Å². The van der Waals surface area contributed by atoms with Gasteiger partial charge in [-0.2, -0.15) is 5.21 Å². The van der Waals surface area contributed by atoms with E-state index in [0.717, 1.165) is 22.6 Å². The highest BCUT2D eigenvalue weighted by Gasteiger charge is 2.26. The average molecular weight is 337 g/mol. The van der Waals surface area contributed by atoms with Crippen molar-refractivity contribution in [3.05, 3.63) is 65.5 Å². The molecule has 0 aliphatic carbocycles. The number of nitrogens with zero attached hydrogens (tertiary/aromatic N) is 3. The smallest absolute Gasteiger partial charge is 0.235 e. The largest absolute Gasteiger partial charge is 0.496 e. The zero-order valence-corrected chi connectivity index (χ0v) is 14.1. The van der Waals surface area contributed by atoms with Crippen molar-refractivity contribution < 1.29 is 9.53 Å². The fourth-order valence-electron chi connectivity index (χ4n) is 2.66. The summed E-state index contributed by atoms with van der Waals surface area (Å²) in [5.41, 5.74) is 2.70. The second kappa shape index (κ2) is 7.57. The van der Waals surface area contributed by atoms with Gasteiger partial charge in [0.2, 0.25) is 5.91 Å². The van der Waals surface area contributed by atoms with E-state index >= 15 is 0 Å². The third kappa shape index (κ3) is 4.00. The number of nitrogens with one attached hydrogen (secondary N) is 2. The molecule has 7 heteroatoms. The Kier molecular flexibility index (Phi) is 5.03. The zero-order valence-electron chi connectivity index (χ0n) is 14.1. The average Bonchev–Trinajstić information content (AvgIpc) is 3.14. The molecule has 0 spiro atoms. The maximum absolute atomic E-state index is 12.9. The quantitative estimate of drug-likeness (QED) is 0.721. The van der Waals surface area contributed by atoms with Crippen LogP contribution in [0.25, 0.3) is 0 Å². The van der Waals surface area contributed by atoms with E-state index in [1.807, 2.05) is 55.5 Å². The van der Waals surface area contributed by atoms with Crippen molar-refractivity contribution in [3.8, 4) is 5.75 Å². The number of aryl methyl sites for hydroxylation is 1. The first-order valence-corrected chi connectivity index (χ1v) is 7.90. The SMILES string of the molecule is COc1ccccc1C[C@H](C(=O)Nc1cccc(C)c1)c1nn[nH]n1. The van der Waals surface area contributed by atoms with Gasteiger partial charge in [0.05, 0.1) is 7.11 Å². The maximum atomic E-state index is 12.9. The van der Waals surface area contributed by atoms with Crippen LogP contribution in [0.4, 0.5) is 5.69 Å². The predicted molar refractivity (Wildman–Crippen MR) is 93.4 cm³/mol. The summed E-state index contributed by atoms with van der Waals surface area (Å²) in [6, 6.07) is 15.2. The molecule has 1 aromatic heterocycles. The summed E-state index contributed by atoms with van der Waals surface area (Å²) in [4.78, 5) is 12.9. The Morgan fingerprint density at radius 1 is 1.24 bits per heavy atom. The highest BCUT2D eigenvalue weighted by Crippen LogP contribution is 2.26. The molecule has 3 rings (SSSR count). The summed E-state index contributed by atoms with van der Waals surface area (Å²) in [5, 5.41) is 16.9. The number of carbonyl (C=O) groups excluding carboxylic acids is 1. The third-order valence-corrected chi connectivity index (χ3v) is 3.89. The Bertz CT molecular complexity index is 848. The van der Waals surface area contributed by atoms with Gasteiger partial charge in [-0.3, -0.25) is 4.79 Å². The third-order valence-electron chi connectivity index (χ3n) is 3.89. The minimum Gasteiger partial charge on any atom is -0.496 e. The molecular formula is C18H19N5O2. The van der Waals surface area contributed by atoms with E-state index in [1.54, 1.807) is 7.11 Å². The molecule has 128 valence electrons. The van der Waals surface area contributed by atoms with Crippen LogP contribution in [0, 0.1) is 6.92 Å². The summed E-state index contributed by atoms with van der Waals surface area (Å²) in [6.07, 6.45) is 0.404. The van der Waals surface area contributed by atoms with E-state index in [-0.39, 0.29) is 5.91 Å². The van der Waals surface area contributed by atoms with Crippen LogP contribution < -0.4 is 10.1 Å². The minimum absolute atomic E-state index is 0.196. The van der Waals surface area contributed by atoms with Crippen molar-refractivity contribution in [2.24, 2.45) is 0 Å². The number of rotatable bonds is 6. The molecule has 0 saturated heterocycles. The Morgan fingerprint density at radius 3 is 2.80 bits per heavy atom. The zero-order chi connectivity index (χ0) is 17.6. The normalized spacial score (nSPS) is 11.8. The summed E-state index contributed by atoms with van der Waals surface area (Å²) in [6.45, 7) is 1.97. The number of methoxy groups -OCH3 is 1. The standard InChI is InChI=1S/C18H19N5O2/c1-12-6-5-8-14(10-12)19-18(24)15(17-20-22-23-21-17)11-13-7-3-4-9-16(13)25-2/h3-10,15H,11H2,1-2H3,(H,19,24)(H,20,21,22,23)/t15-/m0/s1. The van der Waals surface area contributed by atoms with Crippen molar-refractivity contribution in [1.82, 2.24) is 20.6 Å². The topological polar surface area (TPSA) is 92.8 Å². The van der Waals surface area contributed by atoms with Crippen molar-refractivity contribution in [2.45, 2.75) is 19.3 Å². The summed E-state index contributed by atoms with van der Waals surface area (Å²) in [5.74, 6) is 0.281. The number of para-hydroxylation sites is 1. The van der Waals surface area contributed by atoms with Gasteiger partial charge in [-0.25, -0.2) is 0 Å². The lowest BCUT2D eigenvalue weighted by atomic mass is 9.97. The molecule has 0 fully saturated rings. The second-order valence-corrected chi connectivity index (χ2v) is 5.70. The van der Waals surface area contributed by atoms with Crippen LogP contribution in [0.15, 0.2) is 48.5 Å². The number of anilines is 1. The number of ether oxygens (including phenoxy) is 1. The fraction of sp³-hybridized carbons (Fsp3) is 0.222. The molecule has 2 N–H and O–H groups in total. The number of amides is 1. The van der Waals surface area contributed by atoms with Gasteiger partial charge in [0.15, 0.2) is 5.82 Å². The summed E-state index contributed by atoms with van der Waals surface area (Å²) >= 11 is 0. The minimum atomic E-state index is -0.587. The van der Waals surface area contributed by atoms with Gasteiger partial charge in [0.1, 0.15) is 11.7 Å². The van der Waals surface area contributed by atoms with Crippen molar-refractivity contribution >= 4 is 11.6 Å². The first-order valence-electron chi connectivity index (χ1n) is 7.90.